The van der Waals surface area contributed by atoms with Gasteiger partial charge in [0.1, 0.15) is 17.3 Å². The number of pyridine rings is 1. The lowest BCUT2D eigenvalue weighted by Crippen LogP contribution is -2.24. The van der Waals surface area contributed by atoms with E-state index in [1.54, 1.807) is 38.6 Å². The van der Waals surface area contributed by atoms with E-state index in [2.05, 4.69) is 9.88 Å². The van der Waals surface area contributed by atoms with E-state index >= 15 is 0 Å². The third kappa shape index (κ3) is 6.19. The molecule has 3 aromatic rings. The number of aromatic nitrogens is 1. The Labute approximate surface area is 201 Å². The average molecular weight is 464 g/mol. The first-order valence-corrected chi connectivity index (χ1v) is 11.5. The Morgan fingerprint density at radius 2 is 1.62 bits per heavy atom. The van der Waals surface area contributed by atoms with Gasteiger partial charge in [-0.15, -0.1) is 0 Å². The Morgan fingerprint density at radius 1 is 0.971 bits per heavy atom. The highest BCUT2D eigenvalue weighted by Gasteiger charge is 2.16. The van der Waals surface area contributed by atoms with E-state index in [-0.39, 0.29) is 5.56 Å². The number of carbonyl (C=O) groups is 1. The molecule has 0 spiro atoms. The maximum atomic E-state index is 11.1. The van der Waals surface area contributed by atoms with Crippen LogP contribution in [0.25, 0.3) is 11.1 Å². The standard InChI is InChI=1S/C16H16O4.C11H17N3/c1-10-7-8-11(16(17)18)9-12(10)15-13(19-2)5-4-6-14(15)20-3;12-10-5-6-11(13-9-10)14-7-3-1-2-4-8-14/h4-9H,1-3H3,(H,17,18);5-6,9H,1-4,7-8,12H2. The SMILES string of the molecule is COc1cccc(OC)c1-c1cc(C(=O)O)ccc1C.Nc1ccc(N2CCCCCC2)nc1. The third-order valence-corrected chi connectivity index (χ3v) is 5.88. The van der Waals surface area contributed by atoms with Crippen molar-refractivity contribution in [2.75, 3.05) is 37.9 Å². The summed E-state index contributed by atoms with van der Waals surface area (Å²) >= 11 is 0. The zero-order valence-corrected chi connectivity index (χ0v) is 20.1. The van der Waals surface area contributed by atoms with Gasteiger partial charge in [-0.2, -0.15) is 0 Å². The normalized spacial score (nSPS) is 13.3. The van der Waals surface area contributed by atoms with E-state index in [0.29, 0.717) is 11.5 Å². The molecular weight excluding hydrogens is 430 g/mol. The van der Waals surface area contributed by atoms with Crippen molar-refractivity contribution in [1.29, 1.82) is 0 Å². The molecule has 0 atom stereocenters. The highest BCUT2D eigenvalue weighted by atomic mass is 16.5. The molecule has 2 aromatic carbocycles. The lowest BCUT2D eigenvalue weighted by Gasteiger charge is -2.21. The van der Waals surface area contributed by atoms with Crippen LogP contribution in [0.2, 0.25) is 0 Å². The zero-order valence-electron chi connectivity index (χ0n) is 20.1. The molecule has 1 aliphatic heterocycles. The Balaban J connectivity index is 0.000000202. The number of rotatable bonds is 5. The molecule has 0 saturated carbocycles. The van der Waals surface area contributed by atoms with Crippen LogP contribution in [0.1, 0.15) is 41.6 Å². The Kier molecular flexibility index (Phi) is 8.73. The van der Waals surface area contributed by atoms with Crippen molar-refractivity contribution >= 4 is 17.5 Å². The summed E-state index contributed by atoms with van der Waals surface area (Å²) in [5.41, 5.74) is 9.09. The third-order valence-electron chi connectivity index (χ3n) is 5.88. The van der Waals surface area contributed by atoms with Gasteiger partial charge in [0.15, 0.2) is 0 Å². The van der Waals surface area contributed by atoms with Crippen molar-refractivity contribution in [3.05, 3.63) is 65.9 Å². The number of aryl methyl sites for hydroxylation is 1. The summed E-state index contributed by atoms with van der Waals surface area (Å²) < 4.78 is 10.7. The molecular formula is C27H33N3O4. The van der Waals surface area contributed by atoms with Crippen molar-refractivity contribution in [2.24, 2.45) is 0 Å². The van der Waals surface area contributed by atoms with Gasteiger partial charge in [-0.05, 0) is 67.3 Å². The highest BCUT2D eigenvalue weighted by Crippen LogP contribution is 2.40. The number of nitrogens with zero attached hydrogens (tertiary/aromatic N) is 2. The molecule has 4 rings (SSSR count). The molecule has 1 fully saturated rings. The summed E-state index contributed by atoms with van der Waals surface area (Å²) in [7, 11) is 3.16. The second kappa shape index (κ2) is 11.9. The first-order valence-electron chi connectivity index (χ1n) is 11.5. The van der Waals surface area contributed by atoms with E-state index < -0.39 is 5.97 Å². The Hall–Kier alpha value is -3.74. The molecule has 0 amide bonds. The van der Waals surface area contributed by atoms with E-state index in [0.717, 1.165) is 41.3 Å². The molecule has 3 N–H and O–H groups in total. The summed E-state index contributed by atoms with van der Waals surface area (Å²) in [4.78, 5) is 17.8. The molecule has 34 heavy (non-hydrogen) atoms. The van der Waals surface area contributed by atoms with Crippen molar-refractivity contribution in [3.8, 4) is 22.6 Å². The number of nitrogens with two attached hydrogens (primary N) is 1. The molecule has 0 radical (unpaired) electrons. The number of carboxylic acid groups (broad SMARTS) is 1. The van der Waals surface area contributed by atoms with E-state index in [4.69, 9.17) is 20.3 Å². The first-order chi connectivity index (χ1) is 16.4. The molecule has 0 unspecified atom stereocenters. The number of aromatic carboxylic acids is 1. The Bertz CT molecular complexity index is 1070. The summed E-state index contributed by atoms with van der Waals surface area (Å²) in [5.74, 6) is 1.41. The number of hydrogen-bond donors (Lipinski definition) is 2. The molecule has 180 valence electrons. The lowest BCUT2D eigenvalue weighted by molar-refractivity contribution is 0.0697. The van der Waals surface area contributed by atoms with Crippen molar-refractivity contribution in [1.82, 2.24) is 4.98 Å². The van der Waals surface area contributed by atoms with Gasteiger partial charge in [-0.1, -0.05) is 25.0 Å². The average Bonchev–Trinajstić information content (AvgIpc) is 3.14. The van der Waals surface area contributed by atoms with Gasteiger partial charge in [0, 0.05) is 13.1 Å². The fourth-order valence-corrected chi connectivity index (χ4v) is 4.03. The van der Waals surface area contributed by atoms with Gasteiger partial charge < -0.3 is 25.2 Å². The van der Waals surface area contributed by atoms with Crippen LogP contribution in [0.15, 0.2) is 54.7 Å². The minimum atomic E-state index is -0.958. The largest absolute Gasteiger partial charge is 0.496 e. The van der Waals surface area contributed by atoms with Crippen LogP contribution in [0, 0.1) is 6.92 Å². The zero-order chi connectivity index (χ0) is 24.5. The van der Waals surface area contributed by atoms with Crippen LogP contribution >= 0.6 is 0 Å². The van der Waals surface area contributed by atoms with E-state index in [1.165, 1.54) is 25.7 Å². The summed E-state index contributed by atoms with van der Waals surface area (Å²) in [6.07, 6.45) is 7.01. The predicted octanol–water partition coefficient (Wildman–Crippen LogP) is 5.42. The van der Waals surface area contributed by atoms with E-state index in [1.807, 2.05) is 37.3 Å². The minimum Gasteiger partial charge on any atom is -0.496 e. The van der Waals surface area contributed by atoms with Crippen molar-refractivity contribution < 1.29 is 19.4 Å². The second-order valence-corrected chi connectivity index (χ2v) is 8.22. The Morgan fingerprint density at radius 3 is 2.15 bits per heavy atom. The minimum absolute atomic E-state index is 0.235. The fourth-order valence-electron chi connectivity index (χ4n) is 4.03. The quantitative estimate of drug-likeness (QED) is 0.521. The molecule has 0 bridgehead atoms. The number of ether oxygens (including phenoxy) is 2. The number of benzene rings is 2. The summed E-state index contributed by atoms with van der Waals surface area (Å²) in [6.45, 7) is 4.20. The molecule has 1 aromatic heterocycles. The van der Waals surface area contributed by atoms with Gasteiger partial charge in [0.25, 0.3) is 0 Å². The van der Waals surface area contributed by atoms with Crippen LogP contribution in [-0.4, -0.2) is 43.4 Å². The van der Waals surface area contributed by atoms with Gasteiger partial charge in [-0.25, -0.2) is 9.78 Å². The number of hydrogen-bond acceptors (Lipinski definition) is 6. The fraction of sp³-hybridized carbons (Fsp3) is 0.333. The van der Waals surface area contributed by atoms with E-state index in [9.17, 15) is 4.79 Å². The topological polar surface area (TPSA) is 97.9 Å². The highest BCUT2D eigenvalue weighted by molar-refractivity contribution is 5.91. The summed E-state index contributed by atoms with van der Waals surface area (Å²) in [5, 5.41) is 9.14. The van der Waals surface area contributed by atoms with Crippen molar-refractivity contribution in [2.45, 2.75) is 32.6 Å². The van der Waals surface area contributed by atoms with Gasteiger partial charge in [0.05, 0.1) is 37.2 Å². The molecule has 1 saturated heterocycles. The van der Waals surface area contributed by atoms with Gasteiger partial charge >= 0.3 is 5.97 Å². The van der Waals surface area contributed by atoms with Crippen LogP contribution < -0.4 is 20.1 Å². The number of nitrogen functional groups attached to an aromatic ring is 1. The predicted molar refractivity (Wildman–Crippen MR) is 136 cm³/mol. The number of methoxy groups -OCH3 is 2. The maximum absolute atomic E-state index is 11.1. The van der Waals surface area contributed by atoms with Crippen LogP contribution in [0.3, 0.4) is 0 Å². The smallest absolute Gasteiger partial charge is 0.335 e. The van der Waals surface area contributed by atoms with Crippen molar-refractivity contribution in [3.63, 3.8) is 0 Å². The summed E-state index contributed by atoms with van der Waals surface area (Å²) in [6, 6.07) is 14.4. The maximum Gasteiger partial charge on any atom is 0.335 e. The van der Waals surface area contributed by atoms with Crippen LogP contribution in [0.4, 0.5) is 11.5 Å². The molecule has 2 heterocycles. The van der Waals surface area contributed by atoms with Gasteiger partial charge in [-0.3, -0.25) is 0 Å². The second-order valence-electron chi connectivity index (χ2n) is 8.22. The number of carboxylic acids is 1. The molecule has 7 heteroatoms. The van der Waals surface area contributed by atoms with Gasteiger partial charge in [0.2, 0.25) is 0 Å². The molecule has 0 aliphatic carbocycles. The number of anilines is 2. The lowest BCUT2D eigenvalue weighted by atomic mass is 9.96. The molecule has 7 nitrogen and oxygen atoms in total. The monoisotopic (exact) mass is 463 g/mol. The first kappa shape index (κ1) is 24.9. The molecule has 1 aliphatic rings. The van der Waals surface area contributed by atoms with Crippen LogP contribution in [0.5, 0.6) is 11.5 Å². The van der Waals surface area contributed by atoms with Crippen LogP contribution in [-0.2, 0) is 0 Å².